The first-order chi connectivity index (χ1) is 12.9. The van der Waals surface area contributed by atoms with E-state index < -0.39 is 5.97 Å². The maximum absolute atomic E-state index is 12.8. The van der Waals surface area contributed by atoms with Gasteiger partial charge in [-0.25, -0.2) is 14.8 Å². The van der Waals surface area contributed by atoms with E-state index in [4.69, 9.17) is 5.11 Å². The molecule has 8 heteroatoms. The molecule has 3 aromatic rings. The van der Waals surface area contributed by atoms with E-state index in [1.54, 1.807) is 34.5 Å². The fourth-order valence-electron chi connectivity index (χ4n) is 3.18. The van der Waals surface area contributed by atoms with Crippen LogP contribution in [0.2, 0.25) is 0 Å². The number of carbonyl (C=O) groups excluding carboxylic acids is 1. The maximum Gasteiger partial charge on any atom is 0.337 e. The molecule has 27 heavy (non-hydrogen) atoms. The minimum absolute atomic E-state index is 0.119. The predicted molar refractivity (Wildman–Crippen MR) is 105 cm³/mol. The summed E-state index contributed by atoms with van der Waals surface area (Å²) in [6, 6.07) is 5.06. The highest BCUT2D eigenvalue weighted by Crippen LogP contribution is 2.35. The molecule has 4 rings (SSSR count). The van der Waals surface area contributed by atoms with E-state index in [0.717, 1.165) is 27.6 Å². The minimum atomic E-state index is -1.04. The number of fused-ring (bicyclic) bond motifs is 1. The number of aryl methyl sites for hydroxylation is 2. The van der Waals surface area contributed by atoms with E-state index in [1.807, 2.05) is 6.92 Å². The van der Waals surface area contributed by atoms with Gasteiger partial charge in [0.15, 0.2) is 0 Å². The van der Waals surface area contributed by atoms with E-state index in [-0.39, 0.29) is 17.2 Å². The van der Waals surface area contributed by atoms with Gasteiger partial charge < -0.3 is 10.0 Å². The molecule has 6 nitrogen and oxygen atoms in total. The Labute approximate surface area is 164 Å². The Morgan fingerprint density at radius 1 is 1.22 bits per heavy atom. The summed E-state index contributed by atoms with van der Waals surface area (Å²) in [7, 11) is 0. The summed E-state index contributed by atoms with van der Waals surface area (Å²) in [4.78, 5) is 36.9. The average Bonchev–Trinajstić information content (AvgIpc) is 3.25. The van der Waals surface area contributed by atoms with Gasteiger partial charge >= 0.3 is 5.97 Å². The smallest absolute Gasteiger partial charge is 0.337 e. The lowest BCUT2D eigenvalue weighted by molar-refractivity contribution is 0.0689. The number of aromatic nitrogens is 2. The number of aromatic carboxylic acids is 1. The number of thiazole rings is 1. The summed E-state index contributed by atoms with van der Waals surface area (Å²) in [6.45, 7) is 4.76. The van der Waals surface area contributed by atoms with E-state index in [2.05, 4.69) is 21.4 Å². The van der Waals surface area contributed by atoms with E-state index in [0.29, 0.717) is 18.8 Å². The van der Waals surface area contributed by atoms with Gasteiger partial charge in [-0.05, 0) is 44.0 Å². The highest BCUT2D eigenvalue weighted by atomic mass is 32.1. The SMILES string of the molecule is Cc1nc(-c2cc3c(s2)CCN(C(=O)c2ccc(C(=O)O)c(C)n2)C3)cs1. The molecule has 0 aromatic carbocycles. The molecular weight excluding hydrogens is 382 g/mol. The van der Waals surface area contributed by atoms with Crippen LogP contribution in [-0.2, 0) is 13.0 Å². The third kappa shape index (κ3) is 3.38. The topological polar surface area (TPSA) is 83.4 Å². The fraction of sp³-hybridized carbons (Fsp3) is 0.263. The van der Waals surface area contributed by atoms with E-state index >= 15 is 0 Å². The summed E-state index contributed by atoms with van der Waals surface area (Å²) in [6.07, 6.45) is 0.807. The first-order valence-corrected chi connectivity index (χ1v) is 10.2. The van der Waals surface area contributed by atoms with Crippen LogP contribution in [-0.4, -0.2) is 38.4 Å². The molecular formula is C19H17N3O3S2. The van der Waals surface area contributed by atoms with Crippen LogP contribution < -0.4 is 0 Å². The summed E-state index contributed by atoms with van der Waals surface area (Å²) < 4.78 is 0. The number of carbonyl (C=O) groups is 2. The number of pyridine rings is 1. The maximum atomic E-state index is 12.8. The van der Waals surface area contributed by atoms with Crippen molar-refractivity contribution >= 4 is 34.6 Å². The van der Waals surface area contributed by atoms with Crippen molar-refractivity contribution in [2.24, 2.45) is 0 Å². The van der Waals surface area contributed by atoms with Crippen molar-refractivity contribution < 1.29 is 14.7 Å². The number of rotatable bonds is 3. The molecule has 0 radical (unpaired) electrons. The molecule has 1 amide bonds. The monoisotopic (exact) mass is 399 g/mol. The van der Waals surface area contributed by atoms with Gasteiger partial charge in [0, 0.05) is 23.3 Å². The molecule has 4 heterocycles. The largest absolute Gasteiger partial charge is 0.478 e. The lowest BCUT2D eigenvalue weighted by atomic mass is 10.1. The van der Waals surface area contributed by atoms with Crippen molar-refractivity contribution in [1.29, 1.82) is 0 Å². The Bertz CT molecular complexity index is 1050. The summed E-state index contributed by atoms with van der Waals surface area (Å²) in [5, 5.41) is 12.2. The van der Waals surface area contributed by atoms with Crippen LogP contribution in [0.4, 0.5) is 0 Å². The van der Waals surface area contributed by atoms with Crippen molar-refractivity contribution in [2.45, 2.75) is 26.8 Å². The zero-order valence-corrected chi connectivity index (χ0v) is 16.5. The first-order valence-electron chi connectivity index (χ1n) is 8.46. The van der Waals surface area contributed by atoms with Crippen LogP contribution in [0.5, 0.6) is 0 Å². The van der Waals surface area contributed by atoms with Gasteiger partial charge in [0.2, 0.25) is 0 Å². The Hall–Kier alpha value is -2.58. The predicted octanol–water partition coefficient (Wildman–Crippen LogP) is 3.78. The third-order valence-electron chi connectivity index (χ3n) is 4.56. The molecule has 1 aliphatic heterocycles. The number of amides is 1. The highest BCUT2D eigenvalue weighted by Gasteiger charge is 2.25. The second kappa shape index (κ2) is 6.86. The average molecular weight is 399 g/mol. The third-order valence-corrected chi connectivity index (χ3v) is 6.59. The quantitative estimate of drug-likeness (QED) is 0.725. The van der Waals surface area contributed by atoms with Gasteiger partial charge in [0.25, 0.3) is 5.91 Å². The fourth-order valence-corrected chi connectivity index (χ4v) is 4.99. The van der Waals surface area contributed by atoms with Gasteiger partial charge in [-0.2, -0.15) is 0 Å². The van der Waals surface area contributed by atoms with Crippen LogP contribution >= 0.6 is 22.7 Å². The van der Waals surface area contributed by atoms with Crippen LogP contribution in [0.3, 0.4) is 0 Å². The van der Waals surface area contributed by atoms with E-state index in [1.165, 1.54) is 17.0 Å². The van der Waals surface area contributed by atoms with Crippen LogP contribution in [0, 0.1) is 13.8 Å². The number of hydrogen-bond donors (Lipinski definition) is 1. The first kappa shape index (κ1) is 17.8. The summed E-state index contributed by atoms with van der Waals surface area (Å²) in [5.74, 6) is -1.21. The van der Waals surface area contributed by atoms with Gasteiger partial charge in [-0.15, -0.1) is 22.7 Å². The molecule has 0 saturated carbocycles. The number of thiophene rings is 1. The molecule has 1 aliphatic rings. The molecule has 138 valence electrons. The van der Waals surface area contributed by atoms with E-state index in [9.17, 15) is 9.59 Å². The Morgan fingerprint density at radius 2 is 2.04 bits per heavy atom. The molecule has 0 fully saturated rings. The molecule has 1 N–H and O–H groups in total. The second-order valence-corrected chi connectivity index (χ2v) is 8.62. The normalized spacial score (nSPS) is 13.5. The van der Waals surface area contributed by atoms with Gasteiger partial charge in [0.05, 0.1) is 26.8 Å². The minimum Gasteiger partial charge on any atom is -0.478 e. The Kier molecular flexibility index (Phi) is 4.53. The Morgan fingerprint density at radius 3 is 2.70 bits per heavy atom. The summed E-state index contributed by atoms with van der Waals surface area (Å²) >= 11 is 3.38. The highest BCUT2D eigenvalue weighted by molar-refractivity contribution is 7.16. The molecule has 0 aliphatic carbocycles. The van der Waals surface area contributed by atoms with Crippen LogP contribution in [0.15, 0.2) is 23.6 Å². The Balaban J connectivity index is 1.55. The molecule has 0 unspecified atom stereocenters. The zero-order valence-electron chi connectivity index (χ0n) is 14.9. The lowest BCUT2D eigenvalue weighted by Gasteiger charge is -2.26. The van der Waals surface area contributed by atoms with Crippen LogP contribution in [0.1, 0.15) is 42.0 Å². The number of carboxylic acids is 1. The van der Waals surface area contributed by atoms with Crippen molar-refractivity contribution in [3.05, 3.63) is 56.0 Å². The van der Waals surface area contributed by atoms with Crippen LogP contribution in [0.25, 0.3) is 10.6 Å². The molecule has 0 saturated heterocycles. The molecule has 0 spiro atoms. The van der Waals surface area contributed by atoms with Gasteiger partial charge in [0.1, 0.15) is 5.69 Å². The standard InChI is InChI=1S/C19H17N3O3S2/c1-10-13(19(24)25)3-4-14(20-10)18(23)22-6-5-16-12(8-22)7-17(27-16)15-9-26-11(2)21-15/h3-4,7,9H,5-6,8H2,1-2H3,(H,24,25). The van der Waals surface area contributed by atoms with Crippen molar-refractivity contribution in [3.8, 4) is 10.6 Å². The molecule has 3 aromatic heterocycles. The number of nitrogens with zero attached hydrogens (tertiary/aromatic N) is 3. The molecule has 0 bridgehead atoms. The zero-order chi connectivity index (χ0) is 19.1. The lowest BCUT2D eigenvalue weighted by Crippen LogP contribution is -2.36. The number of carboxylic acid groups (broad SMARTS) is 1. The number of hydrogen-bond acceptors (Lipinski definition) is 6. The summed E-state index contributed by atoms with van der Waals surface area (Å²) in [5.41, 5.74) is 2.90. The van der Waals surface area contributed by atoms with Crippen molar-refractivity contribution in [1.82, 2.24) is 14.9 Å². The second-order valence-electron chi connectivity index (χ2n) is 6.42. The van der Waals surface area contributed by atoms with Crippen molar-refractivity contribution in [2.75, 3.05) is 6.54 Å². The molecule has 0 atom stereocenters. The van der Waals surface area contributed by atoms with Crippen molar-refractivity contribution in [3.63, 3.8) is 0 Å². The van der Waals surface area contributed by atoms with Gasteiger partial charge in [-0.1, -0.05) is 0 Å². The van der Waals surface area contributed by atoms with Gasteiger partial charge in [-0.3, -0.25) is 4.79 Å².